The maximum absolute atomic E-state index is 11.3. The molecule has 3 aromatic rings. The first-order chi connectivity index (χ1) is 13.0. The van der Waals surface area contributed by atoms with Gasteiger partial charge in [-0.3, -0.25) is 4.57 Å². The summed E-state index contributed by atoms with van der Waals surface area (Å²) in [6.45, 7) is 0.0542. The number of H-pyrrole nitrogens is 1. The summed E-state index contributed by atoms with van der Waals surface area (Å²) in [5, 5.41) is 21.9. The fourth-order valence-corrected chi connectivity index (χ4v) is 3.05. The number of hydrogen-bond donors (Lipinski definition) is 3. The first-order valence-corrected chi connectivity index (χ1v) is 8.29. The zero-order valence-electron chi connectivity index (χ0n) is 13.7. The van der Waals surface area contributed by atoms with Crippen LogP contribution in [0.4, 0.5) is 5.82 Å². The quantitative estimate of drug-likeness (QED) is 0.481. The zero-order valence-corrected chi connectivity index (χ0v) is 14.4. The molecule has 4 N–H and O–H groups in total. The molecular formula is C13H14ClN9O4. The van der Waals surface area contributed by atoms with Crippen molar-refractivity contribution in [1.29, 1.82) is 0 Å². The predicted octanol–water partition coefficient (Wildman–Crippen LogP) is 0.0951. The molecule has 1 aliphatic heterocycles. The van der Waals surface area contributed by atoms with Crippen LogP contribution in [0.15, 0.2) is 6.33 Å². The number of tetrazole rings is 1. The van der Waals surface area contributed by atoms with Crippen molar-refractivity contribution < 1.29 is 19.4 Å². The van der Waals surface area contributed by atoms with Gasteiger partial charge in [0, 0.05) is 0 Å². The number of hydrogen-bond acceptors (Lipinski definition) is 10. The largest absolute Gasteiger partial charge is 0.479 e. The second-order valence-electron chi connectivity index (χ2n) is 5.83. The molecule has 4 rings (SSSR count). The van der Waals surface area contributed by atoms with Gasteiger partial charge in [0.1, 0.15) is 11.7 Å². The van der Waals surface area contributed by atoms with Crippen molar-refractivity contribution in [2.24, 2.45) is 0 Å². The van der Waals surface area contributed by atoms with Gasteiger partial charge in [-0.05, 0) is 34.9 Å². The minimum absolute atomic E-state index is 0.0134. The van der Waals surface area contributed by atoms with Crippen LogP contribution in [0.1, 0.15) is 31.0 Å². The van der Waals surface area contributed by atoms with E-state index in [1.165, 1.54) is 0 Å². The average molecular weight is 396 g/mol. The Morgan fingerprint density at radius 3 is 3.11 bits per heavy atom. The van der Waals surface area contributed by atoms with Gasteiger partial charge >= 0.3 is 5.97 Å². The smallest absolute Gasteiger partial charge is 0.340 e. The third-order valence-corrected chi connectivity index (χ3v) is 4.27. The lowest BCUT2D eigenvalue weighted by Crippen LogP contribution is -2.23. The SMILES string of the molecule is Nc1nc(Cl)nc2c1ncn2[C@H]1CC[C@@H](CO[C@H](C(=O)O)c2nnn[nH]2)O1. The van der Waals surface area contributed by atoms with Gasteiger partial charge in [0.2, 0.25) is 11.4 Å². The van der Waals surface area contributed by atoms with Crippen LogP contribution in [0, 0.1) is 0 Å². The number of nitrogen functional groups attached to an aromatic ring is 1. The van der Waals surface area contributed by atoms with E-state index in [0.29, 0.717) is 24.0 Å². The van der Waals surface area contributed by atoms with Gasteiger partial charge in [-0.15, -0.1) is 5.10 Å². The summed E-state index contributed by atoms with van der Waals surface area (Å²) < 4.78 is 13.1. The number of aliphatic carboxylic acids is 1. The number of rotatable bonds is 6. The van der Waals surface area contributed by atoms with Crippen molar-refractivity contribution in [2.45, 2.75) is 31.3 Å². The Balaban J connectivity index is 1.44. The summed E-state index contributed by atoms with van der Waals surface area (Å²) in [4.78, 5) is 23.6. The van der Waals surface area contributed by atoms with Crippen molar-refractivity contribution in [3.63, 3.8) is 0 Å². The van der Waals surface area contributed by atoms with Crippen LogP contribution in [0.2, 0.25) is 5.28 Å². The van der Waals surface area contributed by atoms with Crippen LogP contribution < -0.4 is 5.73 Å². The normalized spacial score (nSPS) is 20.9. The maximum Gasteiger partial charge on any atom is 0.340 e. The molecule has 0 unspecified atom stereocenters. The molecule has 1 saturated heterocycles. The third kappa shape index (κ3) is 3.39. The maximum atomic E-state index is 11.3. The number of fused-ring (bicyclic) bond motifs is 1. The molecular weight excluding hydrogens is 382 g/mol. The van der Waals surface area contributed by atoms with E-state index in [2.05, 4.69) is 35.6 Å². The highest BCUT2D eigenvalue weighted by Gasteiger charge is 2.31. The number of aromatic amines is 1. The van der Waals surface area contributed by atoms with E-state index in [1.54, 1.807) is 10.9 Å². The molecule has 0 spiro atoms. The number of carboxylic acids is 1. The molecule has 3 aromatic heterocycles. The number of anilines is 1. The lowest BCUT2D eigenvalue weighted by molar-refractivity contribution is -0.154. The van der Waals surface area contributed by atoms with Crippen LogP contribution in [0.5, 0.6) is 0 Å². The first-order valence-electron chi connectivity index (χ1n) is 7.92. The van der Waals surface area contributed by atoms with E-state index >= 15 is 0 Å². The van der Waals surface area contributed by atoms with E-state index < -0.39 is 12.1 Å². The van der Waals surface area contributed by atoms with Crippen molar-refractivity contribution in [1.82, 2.24) is 40.1 Å². The van der Waals surface area contributed by atoms with Crippen molar-refractivity contribution >= 4 is 34.6 Å². The van der Waals surface area contributed by atoms with Gasteiger partial charge in [0.15, 0.2) is 17.3 Å². The Morgan fingerprint density at radius 2 is 2.37 bits per heavy atom. The van der Waals surface area contributed by atoms with E-state index in [-0.39, 0.29) is 35.9 Å². The number of nitrogens with zero attached hydrogens (tertiary/aromatic N) is 7. The van der Waals surface area contributed by atoms with Crippen LogP contribution >= 0.6 is 11.6 Å². The Hall–Kier alpha value is -2.90. The molecule has 3 atom stereocenters. The first kappa shape index (κ1) is 17.5. The van der Waals surface area contributed by atoms with Crippen molar-refractivity contribution in [3.8, 4) is 0 Å². The van der Waals surface area contributed by atoms with Crippen LogP contribution in [-0.4, -0.2) is 63.9 Å². The van der Waals surface area contributed by atoms with Gasteiger partial charge in [0.25, 0.3) is 0 Å². The Morgan fingerprint density at radius 1 is 1.52 bits per heavy atom. The number of aromatic nitrogens is 8. The van der Waals surface area contributed by atoms with Gasteiger partial charge in [-0.2, -0.15) is 9.97 Å². The van der Waals surface area contributed by atoms with E-state index in [1.807, 2.05) is 0 Å². The molecule has 0 aromatic carbocycles. The summed E-state index contributed by atoms with van der Waals surface area (Å²) >= 11 is 5.87. The summed E-state index contributed by atoms with van der Waals surface area (Å²) in [6, 6.07) is 0. The average Bonchev–Trinajstić information content (AvgIpc) is 3.34. The number of carboxylic acid groups (broad SMARTS) is 1. The van der Waals surface area contributed by atoms with Gasteiger partial charge in [-0.25, -0.2) is 14.9 Å². The fraction of sp³-hybridized carbons (Fsp3) is 0.462. The highest BCUT2D eigenvalue weighted by Crippen LogP contribution is 2.32. The minimum atomic E-state index is -1.30. The van der Waals surface area contributed by atoms with Crippen molar-refractivity contribution in [2.75, 3.05) is 12.3 Å². The molecule has 1 fully saturated rings. The molecule has 0 bridgehead atoms. The Bertz CT molecular complexity index is 962. The summed E-state index contributed by atoms with van der Waals surface area (Å²) in [5.41, 5.74) is 6.71. The summed E-state index contributed by atoms with van der Waals surface area (Å²) in [5.74, 6) is -1.00. The number of imidazole rings is 1. The highest BCUT2D eigenvalue weighted by atomic mass is 35.5. The second-order valence-corrected chi connectivity index (χ2v) is 6.17. The monoisotopic (exact) mass is 395 g/mol. The lowest BCUT2D eigenvalue weighted by Gasteiger charge is -2.17. The zero-order chi connectivity index (χ0) is 19.0. The van der Waals surface area contributed by atoms with E-state index in [0.717, 1.165) is 0 Å². The third-order valence-electron chi connectivity index (χ3n) is 4.10. The van der Waals surface area contributed by atoms with Crippen LogP contribution in [0.3, 0.4) is 0 Å². The standard InChI is InChI=1S/C13H14ClN9O4/c14-13-17-9(15)7-11(18-13)23(4-16-7)6-2-1-5(27-6)3-26-8(12(24)25)10-19-21-22-20-10/h4-6,8H,1-3H2,(H,24,25)(H2,15,17,18)(H,19,20,21,22)/t5-,6+,8-/m0/s1. The molecule has 4 heterocycles. The molecule has 13 nitrogen and oxygen atoms in total. The minimum Gasteiger partial charge on any atom is -0.479 e. The van der Waals surface area contributed by atoms with Gasteiger partial charge < -0.3 is 20.3 Å². The van der Waals surface area contributed by atoms with E-state index in [9.17, 15) is 9.90 Å². The predicted molar refractivity (Wildman–Crippen MR) is 88.4 cm³/mol. The number of carbonyl (C=O) groups is 1. The van der Waals surface area contributed by atoms with Gasteiger partial charge in [-0.1, -0.05) is 0 Å². The molecule has 0 amide bonds. The Labute approximate surface area is 155 Å². The molecule has 27 heavy (non-hydrogen) atoms. The summed E-state index contributed by atoms with van der Waals surface area (Å²) in [6.07, 6.45) is 0.884. The summed E-state index contributed by atoms with van der Waals surface area (Å²) in [7, 11) is 0. The molecule has 1 aliphatic rings. The van der Waals surface area contributed by atoms with Crippen molar-refractivity contribution in [3.05, 3.63) is 17.4 Å². The Kier molecular flexibility index (Phi) is 4.55. The fourth-order valence-electron chi connectivity index (χ4n) is 2.88. The number of ether oxygens (including phenoxy) is 2. The number of nitrogens with two attached hydrogens (primary N) is 1. The molecule has 14 heteroatoms. The van der Waals surface area contributed by atoms with Crippen LogP contribution in [-0.2, 0) is 14.3 Å². The highest BCUT2D eigenvalue weighted by molar-refractivity contribution is 6.28. The number of nitrogens with one attached hydrogen (secondary N) is 1. The van der Waals surface area contributed by atoms with Crippen LogP contribution in [0.25, 0.3) is 11.2 Å². The molecule has 0 saturated carbocycles. The molecule has 0 aliphatic carbocycles. The molecule has 0 radical (unpaired) electrons. The lowest BCUT2D eigenvalue weighted by atomic mass is 10.2. The topological polar surface area (TPSA) is 180 Å². The molecule has 142 valence electrons. The second kappa shape index (κ2) is 7.02. The van der Waals surface area contributed by atoms with Gasteiger partial charge in [0.05, 0.1) is 19.0 Å². The number of halogens is 1. The van der Waals surface area contributed by atoms with E-state index in [4.69, 9.17) is 26.8 Å².